The van der Waals surface area contributed by atoms with Crippen LogP contribution in [0.2, 0.25) is 0 Å². The third-order valence-corrected chi connectivity index (χ3v) is 4.38. The fourth-order valence-corrected chi connectivity index (χ4v) is 2.66. The molecule has 14 heavy (non-hydrogen) atoms. The molecule has 4 nitrogen and oxygen atoms in total. The molecule has 5 heteroatoms. The summed E-state index contributed by atoms with van der Waals surface area (Å²) in [5.74, 6) is 0. The fourth-order valence-electron chi connectivity index (χ4n) is 2.32. The topological polar surface area (TPSA) is 42.8 Å². The van der Waals surface area contributed by atoms with E-state index >= 15 is 0 Å². The highest BCUT2D eigenvalue weighted by Gasteiger charge is 2.39. The average Bonchev–Trinajstić information content (AvgIpc) is 2.47. The van der Waals surface area contributed by atoms with Gasteiger partial charge in [0.1, 0.15) is 0 Å². The Labute approximate surface area is 93.3 Å². The van der Waals surface area contributed by atoms with Crippen molar-refractivity contribution in [3.05, 3.63) is 5.21 Å². The van der Waals surface area contributed by atoms with E-state index in [0.29, 0.717) is 6.04 Å². The van der Waals surface area contributed by atoms with Gasteiger partial charge in [-0.1, -0.05) is 24.4 Å². The fraction of sp³-hybridized carbons (Fsp3) is 1.00. The smallest absolute Gasteiger partial charge is 0.177 e. The first-order chi connectivity index (χ1) is 6.70. The summed E-state index contributed by atoms with van der Waals surface area (Å²) >= 11 is 3.42. The van der Waals surface area contributed by atoms with Gasteiger partial charge in [0, 0.05) is 0 Å². The minimum absolute atomic E-state index is 0.0376. The van der Waals surface area contributed by atoms with E-state index in [1.807, 2.05) is 12.0 Å². The number of hydrogen-bond acceptors (Lipinski definition) is 3. The molecular formula is C9H18BrN3O. The van der Waals surface area contributed by atoms with Crippen molar-refractivity contribution < 1.29 is 5.17 Å². The third kappa shape index (κ3) is 1.97. The molecule has 2 fully saturated rings. The van der Waals surface area contributed by atoms with Gasteiger partial charge in [-0.25, -0.2) is 0 Å². The largest absolute Gasteiger partial charge is 0.611 e. The van der Waals surface area contributed by atoms with Gasteiger partial charge >= 0.3 is 0 Å². The van der Waals surface area contributed by atoms with Gasteiger partial charge in [-0.2, -0.15) is 5.43 Å². The van der Waals surface area contributed by atoms with Crippen molar-refractivity contribution in [2.45, 2.75) is 56.1 Å². The summed E-state index contributed by atoms with van der Waals surface area (Å²) in [5, 5.41) is 13.9. The monoisotopic (exact) mass is 263 g/mol. The SMILES string of the molecule is CC1NN(C2CCCCC2)[NH+]([O-])C1Br. The molecule has 1 saturated heterocycles. The molecule has 0 spiro atoms. The zero-order valence-electron chi connectivity index (χ0n) is 8.50. The Hall–Kier alpha value is 0.320. The summed E-state index contributed by atoms with van der Waals surface area (Å²) in [4.78, 5) is -0.0376. The van der Waals surface area contributed by atoms with E-state index in [-0.39, 0.29) is 16.2 Å². The minimum atomic E-state index is -0.0376. The Morgan fingerprint density at radius 1 is 1.36 bits per heavy atom. The third-order valence-electron chi connectivity index (χ3n) is 3.19. The van der Waals surface area contributed by atoms with Gasteiger partial charge in [-0.15, -0.1) is 0 Å². The Morgan fingerprint density at radius 3 is 2.50 bits per heavy atom. The van der Waals surface area contributed by atoms with Crippen LogP contribution in [0.15, 0.2) is 0 Å². The van der Waals surface area contributed by atoms with Crippen molar-refractivity contribution in [1.29, 1.82) is 0 Å². The summed E-state index contributed by atoms with van der Waals surface area (Å²) in [6.07, 6.45) is 6.16. The van der Waals surface area contributed by atoms with Crippen LogP contribution in [0, 0.1) is 5.21 Å². The second-order valence-corrected chi connectivity index (χ2v) is 5.31. The van der Waals surface area contributed by atoms with Crippen LogP contribution in [0.3, 0.4) is 0 Å². The average molecular weight is 264 g/mol. The summed E-state index contributed by atoms with van der Waals surface area (Å²) in [6, 6.07) is 0.658. The molecule has 1 aliphatic heterocycles. The molecule has 3 unspecified atom stereocenters. The number of hydroxylamine groups is 1. The number of nitrogens with zero attached hydrogens (tertiary/aromatic N) is 1. The second-order valence-electron chi connectivity index (χ2n) is 4.32. The number of alkyl halides is 1. The molecule has 1 heterocycles. The maximum Gasteiger partial charge on any atom is 0.177 e. The van der Waals surface area contributed by atoms with Crippen molar-refractivity contribution in [3.63, 3.8) is 0 Å². The number of rotatable bonds is 1. The Balaban J connectivity index is 1.97. The lowest BCUT2D eigenvalue weighted by Gasteiger charge is -2.35. The van der Waals surface area contributed by atoms with Crippen LogP contribution in [0.25, 0.3) is 0 Å². The van der Waals surface area contributed by atoms with Crippen molar-refractivity contribution in [3.8, 4) is 0 Å². The first-order valence-electron chi connectivity index (χ1n) is 5.43. The number of quaternary nitrogens is 1. The molecule has 2 rings (SSSR count). The van der Waals surface area contributed by atoms with Gasteiger partial charge in [0.2, 0.25) is 0 Å². The van der Waals surface area contributed by atoms with E-state index in [1.54, 1.807) is 0 Å². The predicted molar refractivity (Wildman–Crippen MR) is 58.4 cm³/mol. The van der Waals surface area contributed by atoms with Crippen LogP contribution in [-0.2, 0) is 0 Å². The normalized spacial score (nSPS) is 41.8. The number of halogens is 1. The molecule has 0 amide bonds. The van der Waals surface area contributed by atoms with Gasteiger partial charge in [-0.05, 0) is 35.7 Å². The van der Waals surface area contributed by atoms with Crippen LogP contribution in [0.5, 0.6) is 0 Å². The summed E-state index contributed by atoms with van der Waals surface area (Å²) in [6.45, 7) is 2.04. The van der Waals surface area contributed by atoms with Gasteiger partial charge in [0.15, 0.2) is 4.95 Å². The Kier molecular flexibility index (Phi) is 3.44. The van der Waals surface area contributed by atoms with E-state index in [2.05, 4.69) is 21.4 Å². The molecule has 0 aromatic rings. The summed E-state index contributed by atoms with van der Waals surface area (Å²) < 4.78 is 0. The van der Waals surface area contributed by atoms with E-state index in [9.17, 15) is 5.21 Å². The van der Waals surface area contributed by atoms with Crippen molar-refractivity contribution in [2.75, 3.05) is 0 Å². The van der Waals surface area contributed by atoms with Crippen LogP contribution < -0.4 is 10.6 Å². The van der Waals surface area contributed by atoms with Gasteiger partial charge in [-0.3, -0.25) is 5.17 Å². The molecule has 0 aromatic carbocycles. The standard InChI is InChI=1S/C9H18BrN3O/c1-7-9(10)13(14)12(11-7)8-5-3-2-4-6-8/h7-9,11,13H,2-6H2,1H3. The molecule has 0 aromatic heterocycles. The first kappa shape index (κ1) is 10.8. The quantitative estimate of drug-likeness (QED) is 0.413. The predicted octanol–water partition coefficient (Wildman–Crippen LogP) is 0.546. The molecule has 2 aliphatic rings. The van der Waals surface area contributed by atoms with Gasteiger partial charge in [0.05, 0.1) is 12.1 Å². The van der Waals surface area contributed by atoms with Crippen molar-refractivity contribution >= 4 is 15.9 Å². The molecular weight excluding hydrogens is 246 g/mol. The highest BCUT2D eigenvalue weighted by molar-refractivity contribution is 9.09. The van der Waals surface area contributed by atoms with E-state index in [4.69, 9.17) is 0 Å². The maximum absolute atomic E-state index is 11.8. The Morgan fingerprint density at radius 2 is 2.00 bits per heavy atom. The van der Waals surface area contributed by atoms with Crippen molar-refractivity contribution in [1.82, 2.24) is 10.5 Å². The molecule has 1 saturated carbocycles. The zero-order chi connectivity index (χ0) is 10.1. The Bertz CT molecular complexity index is 198. The van der Waals surface area contributed by atoms with Gasteiger partial charge in [0.25, 0.3) is 0 Å². The van der Waals surface area contributed by atoms with Crippen molar-refractivity contribution in [2.24, 2.45) is 0 Å². The first-order valence-corrected chi connectivity index (χ1v) is 6.35. The van der Waals surface area contributed by atoms with Crippen LogP contribution in [-0.4, -0.2) is 22.2 Å². The molecule has 3 atom stereocenters. The minimum Gasteiger partial charge on any atom is -0.611 e. The molecule has 1 aliphatic carbocycles. The molecule has 82 valence electrons. The maximum atomic E-state index is 11.8. The zero-order valence-corrected chi connectivity index (χ0v) is 10.1. The number of hydrazine groups is 1. The summed E-state index contributed by atoms with van der Waals surface area (Å²) in [5.41, 5.74) is 3.26. The highest BCUT2D eigenvalue weighted by Crippen LogP contribution is 2.21. The van der Waals surface area contributed by atoms with E-state index in [0.717, 1.165) is 12.8 Å². The van der Waals surface area contributed by atoms with E-state index in [1.165, 1.54) is 19.3 Å². The lowest BCUT2D eigenvalue weighted by molar-refractivity contribution is -0.974. The van der Waals surface area contributed by atoms with Crippen LogP contribution >= 0.6 is 15.9 Å². The second kappa shape index (κ2) is 4.45. The highest BCUT2D eigenvalue weighted by atomic mass is 79.9. The van der Waals surface area contributed by atoms with E-state index < -0.39 is 0 Å². The molecule has 2 N–H and O–H groups in total. The van der Waals surface area contributed by atoms with Gasteiger partial charge < -0.3 is 5.21 Å². The lowest BCUT2D eigenvalue weighted by atomic mass is 9.96. The molecule has 0 bridgehead atoms. The molecule has 0 radical (unpaired) electrons. The lowest BCUT2D eigenvalue weighted by Crippen LogP contribution is -3.15. The van der Waals surface area contributed by atoms with Crippen LogP contribution in [0.4, 0.5) is 0 Å². The summed E-state index contributed by atoms with van der Waals surface area (Å²) in [7, 11) is 0. The number of hydrogen-bond donors (Lipinski definition) is 2. The van der Waals surface area contributed by atoms with Crippen LogP contribution in [0.1, 0.15) is 39.0 Å². The number of nitrogens with one attached hydrogen (secondary N) is 2.